The average molecular weight is 363 g/mol. The Labute approximate surface area is 147 Å². The van der Waals surface area contributed by atoms with Gasteiger partial charge in [-0.3, -0.25) is 4.90 Å². The molecule has 8 nitrogen and oxygen atoms in total. The molecule has 1 fully saturated rings. The second-order valence-electron chi connectivity index (χ2n) is 5.74. The van der Waals surface area contributed by atoms with E-state index in [2.05, 4.69) is 19.8 Å². The maximum Gasteiger partial charge on any atom is 0.238 e. The zero-order valence-electron chi connectivity index (χ0n) is 13.8. The van der Waals surface area contributed by atoms with Crippen molar-refractivity contribution in [3.05, 3.63) is 42.7 Å². The van der Waals surface area contributed by atoms with Gasteiger partial charge in [-0.15, -0.1) is 0 Å². The second kappa shape index (κ2) is 7.77. The van der Waals surface area contributed by atoms with Crippen LogP contribution in [0.2, 0.25) is 0 Å². The smallest absolute Gasteiger partial charge is 0.238 e. The van der Waals surface area contributed by atoms with E-state index in [1.165, 1.54) is 12.1 Å². The van der Waals surface area contributed by atoms with E-state index in [1.54, 1.807) is 24.5 Å². The SMILES string of the molecule is NS(=O)(=O)c1ccc(OCCN2CCN(c3ncccn3)CC2)cc1. The lowest BCUT2D eigenvalue weighted by atomic mass is 10.3. The van der Waals surface area contributed by atoms with Crippen LogP contribution in [0.25, 0.3) is 0 Å². The summed E-state index contributed by atoms with van der Waals surface area (Å²) in [5.74, 6) is 1.40. The van der Waals surface area contributed by atoms with Crippen molar-refractivity contribution in [3.8, 4) is 5.75 Å². The van der Waals surface area contributed by atoms with Gasteiger partial charge in [-0.25, -0.2) is 23.5 Å². The largest absolute Gasteiger partial charge is 0.492 e. The molecule has 0 unspecified atom stereocenters. The van der Waals surface area contributed by atoms with Gasteiger partial charge in [0.1, 0.15) is 12.4 Å². The molecule has 0 aliphatic carbocycles. The number of rotatable bonds is 6. The molecule has 2 N–H and O–H groups in total. The Morgan fingerprint density at radius 3 is 2.28 bits per heavy atom. The number of sulfonamides is 1. The number of hydrogen-bond donors (Lipinski definition) is 1. The second-order valence-corrected chi connectivity index (χ2v) is 7.30. The van der Waals surface area contributed by atoms with Crippen LogP contribution in [-0.4, -0.2) is 62.6 Å². The number of nitrogens with zero attached hydrogens (tertiary/aromatic N) is 4. The minimum absolute atomic E-state index is 0.0825. The number of hydrogen-bond acceptors (Lipinski definition) is 7. The highest BCUT2D eigenvalue weighted by Crippen LogP contribution is 2.15. The summed E-state index contributed by atoms with van der Waals surface area (Å²) >= 11 is 0. The monoisotopic (exact) mass is 363 g/mol. The van der Waals surface area contributed by atoms with Gasteiger partial charge in [0.2, 0.25) is 16.0 Å². The highest BCUT2D eigenvalue weighted by Gasteiger charge is 2.18. The van der Waals surface area contributed by atoms with Crippen LogP contribution in [0.5, 0.6) is 5.75 Å². The first-order valence-corrected chi connectivity index (χ1v) is 9.57. The van der Waals surface area contributed by atoms with Gasteiger partial charge in [-0.2, -0.15) is 0 Å². The van der Waals surface area contributed by atoms with E-state index in [9.17, 15) is 8.42 Å². The third-order valence-electron chi connectivity index (χ3n) is 4.04. The van der Waals surface area contributed by atoms with E-state index in [0.717, 1.165) is 38.7 Å². The van der Waals surface area contributed by atoms with Crippen molar-refractivity contribution < 1.29 is 13.2 Å². The number of nitrogens with two attached hydrogens (primary N) is 1. The van der Waals surface area contributed by atoms with Gasteiger partial charge >= 0.3 is 0 Å². The highest BCUT2D eigenvalue weighted by molar-refractivity contribution is 7.89. The predicted octanol–water partition coefficient (Wildman–Crippen LogP) is 0.325. The predicted molar refractivity (Wildman–Crippen MR) is 94.0 cm³/mol. The topological polar surface area (TPSA) is 102 Å². The van der Waals surface area contributed by atoms with Crippen molar-refractivity contribution in [2.45, 2.75) is 4.90 Å². The first-order valence-electron chi connectivity index (χ1n) is 8.02. The molecular weight excluding hydrogens is 342 g/mol. The number of benzene rings is 1. The van der Waals surface area contributed by atoms with Crippen molar-refractivity contribution in [1.82, 2.24) is 14.9 Å². The average Bonchev–Trinajstić information content (AvgIpc) is 2.63. The van der Waals surface area contributed by atoms with Crippen molar-refractivity contribution in [3.63, 3.8) is 0 Å². The van der Waals surface area contributed by atoms with Crippen molar-refractivity contribution >= 4 is 16.0 Å². The number of anilines is 1. The van der Waals surface area contributed by atoms with Crippen molar-refractivity contribution in [2.75, 3.05) is 44.2 Å². The Morgan fingerprint density at radius 1 is 1.04 bits per heavy atom. The van der Waals surface area contributed by atoms with Crippen LogP contribution in [0.4, 0.5) is 5.95 Å². The van der Waals surface area contributed by atoms with Gasteiger partial charge in [0.25, 0.3) is 0 Å². The summed E-state index contributed by atoms with van der Waals surface area (Å²) in [5, 5.41) is 5.07. The van der Waals surface area contributed by atoms with Crippen LogP contribution in [0.15, 0.2) is 47.6 Å². The zero-order valence-corrected chi connectivity index (χ0v) is 14.6. The summed E-state index contributed by atoms with van der Waals surface area (Å²) < 4.78 is 28.1. The summed E-state index contributed by atoms with van der Waals surface area (Å²) in [6.45, 7) is 4.95. The third kappa shape index (κ3) is 4.88. The molecule has 2 aromatic rings. The Kier molecular flexibility index (Phi) is 5.47. The van der Waals surface area contributed by atoms with Crippen LogP contribution >= 0.6 is 0 Å². The Balaban J connectivity index is 1.42. The first kappa shape index (κ1) is 17.6. The molecule has 1 saturated heterocycles. The zero-order chi connectivity index (χ0) is 17.7. The quantitative estimate of drug-likeness (QED) is 0.789. The Morgan fingerprint density at radius 2 is 1.68 bits per heavy atom. The molecule has 2 heterocycles. The number of primary sulfonamides is 1. The fraction of sp³-hybridized carbons (Fsp3) is 0.375. The van der Waals surface area contributed by atoms with Gasteiger partial charge in [-0.05, 0) is 30.3 Å². The normalized spacial score (nSPS) is 16.0. The maximum absolute atomic E-state index is 11.2. The van der Waals surface area contributed by atoms with Gasteiger partial charge in [0.15, 0.2) is 0 Å². The lowest BCUT2D eigenvalue weighted by molar-refractivity contribution is 0.200. The standard InChI is InChI=1S/C16H21N5O3S/c17-25(22,23)15-4-2-14(3-5-15)24-13-12-20-8-10-21(11-9-20)16-18-6-1-7-19-16/h1-7H,8-13H2,(H2,17,22,23). The highest BCUT2D eigenvalue weighted by atomic mass is 32.2. The molecule has 0 radical (unpaired) electrons. The van der Waals surface area contributed by atoms with Crippen LogP contribution < -0.4 is 14.8 Å². The van der Waals surface area contributed by atoms with E-state index in [-0.39, 0.29) is 4.90 Å². The van der Waals surface area contributed by atoms with E-state index >= 15 is 0 Å². The van der Waals surface area contributed by atoms with Crippen LogP contribution in [0.3, 0.4) is 0 Å². The molecule has 0 amide bonds. The number of aromatic nitrogens is 2. The molecule has 0 saturated carbocycles. The minimum atomic E-state index is -3.66. The Hall–Kier alpha value is -2.23. The summed E-state index contributed by atoms with van der Waals surface area (Å²) in [6, 6.07) is 7.94. The summed E-state index contributed by atoms with van der Waals surface area (Å²) in [4.78, 5) is 13.1. The molecule has 134 valence electrons. The van der Waals surface area contributed by atoms with Crippen LogP contribution in [0.1, 0.15) is 0 Å². The summed E-state index contributed by atoms with van der Waals surface area (Å²) in [5.41, 5.74) is 0. The van der Waals surface area contributed by atoms with E-state index in [1.807, 2.05) is 6.07 Å². The van der Waals surface area contributed by atoms with Crippen molar-refractivity contribution in [1.29, 1.82) is 0 Å². The lowest BCUT2D eigenvalue weighted by Crippen LogP contribution is -2.48. The Bertz CT molecular complexity index is 775. The van der Waals surface area contributed by atoms with Gasteiger partial charge in [0.05, 0.1) is 4.90 Å². The number of ether oxygens (including phenoxy) is 1. The molecule has 0 atom stereocenters. The minimum Gasteiger partial charge on any atom is -0.492 e. The molecule has 0 spiro atoms. The summed E-state index contributed by atoms with van der Waals surface area (Å²) in [6.07, 6.45) is 3.51. The fourth-order valence-corrected chi connectivity index (χ4v) is 3.16. The molecule has 9 heteroatoms. The molecule has 1 aromatic heterocycles. The van der Waals surface area contributed by atoms with E-state index in [4.69, 9.17) is 9.88 Å². The van der Waals surface area contributed by atoms with Gasteiger partial charge < -0.3 is 9.64 Å². The van der Waals surface area contributed by atoms with E-state index in [0.29, 0.717) is 12.4 Å². The third-order valence-corrected chi connectivity index (χ3v) is 4.97. The molecule has 1 aliphatic heterocycles. The number of piperazine rings is 1. The molecule has 0 bridgehead atoms. The maximum atomic E-state index is 11.2. The molecule has 25 heavy (non-hydrogen) atoms. The molecule has 1 aromatic carbocycles. The fourth-order valence-electron chi connectivity index (χ4n) is 2.64. The van der Waals surface area contributed by atoms with Gasteiger partial charge in [0, 0.05) is 45.1 Å². The van der Waals surface area contributed by atoms with Gasteiger partial charge in [-0.1, -0.05) is 0 Å². The van der Waals surface area contributed by atoms with Crippen LogP contribution in [-0.2, 0) is 10.0 Å². The van der Waals surface area contributed by atoms with Crippen LogP contribution in [0, 0.1) is 0 Å². The molecule has 3 rings (SSSR count). The first-order chi connectivity index (χ1) is 12.0. The molecular formula is C16H21N5O3S. The van der Waals surface area contributed by atoms with E-state index < -0.39 is 10.0 Å². The molecule has 1 aliphatic rings. The van der Waals surface area contributed by atoms with Crippen molar-refractivity contribution in [2.24, 2.45) is 5.14 Å². The summed E-state index contributed by atoms with van der Waals surface area (Å²) in [7, 11) is -3.66. The lowest BCUT2D eigenvalue weighted by Gasteiger charge is -2.34.